The number of esters is 1. The summed E-state index contributed by atoms with van der Waals surface area (Å²) in [6.45, 7) is 1.95. The molecule has 0 aromatic rings. The van der Waals surface area contributed by atoms with Crippen LogP contribution in [0.2, 0.25) is 0 Å². The van der Waals surface area contributed by atoms with Crippen LogP contribution in [0.1, 0.15) is 32.1 Å². The molecule has 2 rings (SSSR count). The summed E-state index contributed by atoms with van der Waals surface area (Å²) >= 11 is 0. The van der Waals surface area contributed by atoms with Crippen LogP contribution in [0, 0.1) is 5.92 Å². The van der Waals surface area contributed by atoms with Gasteiger partial charge in [0.2, 0.25) is 0 Å². The van der Waals surface area contributed by atoms with Gasteiger partial charge in [0.15, 0.2) is 0 Å². The maximum Gasteiger partial charge on any atom is 0.490 e. The number of halogens is 3. The highest BCUT2D eigenvalue weighted by atomic mass is 19.4. The molecule has 2 saturated heterocycles. The van der Waals surface area contributed by atoms with Crippen LogP contribution in [0.5, 0.6) is 0 Å². The van der Waals surface area contributed by atoms with E-state index in [4.69, 9.17) is 0 Å². The van der Waals surface area contributed by atoms with Crippen LogP contribution < -0.4 is 0 Å². The highest BCUT2D eigenvalue weighted by Crippen LogP contribution is 2.31. The quantitative estimate of drug-likeness (QED) is 0.718. The topological polar surface area (TPSA) is 29.5 Å². The highest BCUT2D eigenvalue weighted by Gasteiger charge is 2.42. The molecule has 2 heterocycles. The van der Waals surface area contributed by atoms with Crippen molar-refractivity contribution in [1.29, 1.82) is 0 Å². The van der Waals surface area contributed by atoms with Crippen molar-refractivity contribution in [3.63, 3.8) is 0 Å². The molecule has 2 atom stereocenters. The molecule has 104 valence electrons. The molecule has 2 aliphatic heterocycles. The number of nitrogens with zero attached hydrogens (tertiary/aromatic N) is 1. The smallest absolute Gasteiger partial charge is 0.459 e. The van der Waals surface area contributed by atoms with Gasteiger partial charge in [0, 0.05) is 12.0 Å². The highest BCUT2D eigenvalue weighted by molar-refractivity contribution is 5.75. The molecule has 0 N–H and O–H groups in total. The lowest BCUT2D eigenvalue weighted by molar-refractivity contribution is -0.202. The van der Waals surface area contributed by atoms with Gasteiger partial charge in [-0.15, -0.1) is 0 Å². The Balaban J connectivity index is 1.86. The summed E-state index contributed by atoms with van der Waals surface area (Å²) in [7, 11) is 0. The molecular formula is C12H18F3NO2. The molecule has 2 fully saturated rings. The van der Waals surface area contributed by atoms with E-state index >= 15 is 0 Å². The van der Waals surface area contributed by atoms with Crippen molar-refractivity contribution in [2.24, 2.45) is 5.92 Å². The van der Waals surface area contributed by atoms with Crippen LogP contribution >= 0.6 is 0 Å². The number of alkyl halides is 3. The van der Waals surface area contributed by atoms with E-state index in [-0.39, 0.29) is 12.5 Å². The first-order valence-corrected chi connectivity index (χ1v) is 6.46. The molecule has 2 unspecified atom stereocenters. The lowest BCUT2D eigenvalue weighted by atomic mass is 9.84. The molecule has 0 spiro atoms. The van der Waals surface area contributed by atoms with Gasteiger partial charge in [-0.2, -0.15) is 13.2 Å². The summed E-state index contributed by atoms with van der Waals surface area (Å²) in [6, 6.07) is 0.300. The Labute approximate surface area is 104 Å². The molecule has 2 aliphatic rings. The molecule has 0 aliphatic carbocycles. The Bertz CT molecular complexity index is 304. The van der Waals surface area contributed by atoms with Gasteiger partial charge in [0.05, 0.1) is 6.61 Å². The van der Waals surface area contributed by atoms with Gasteiger partial charge in [0.25, 0.3) is 0 Å². The molecule has 3 nitrogen and oxygen atoms in total. The second-order valence-electron chi connectivity index (χ2n) is 5.10. The third kappa shape index (κ3) is 3.16. The second kappa shape index (κ2) is 5.47. The fraction of sp³-hybridized carbons (Fsp3) is 0.917. The molecule has 18 heavy (non-hydrogen) atoms. The number of fused-ring (bicyclic) bond motifs is 1. The minimum atomic E-state index is -4.87. The van der Waals surface area contributed by atoms with Crippen LogP contribution in [0.3, 0.4) is 0 Å². The normalized spacial score (nSPS) is 29.7. The largest absolute Gasteiger partial charge is 0.490 e. The SMILES string of the molecule is O=C(OCC1CCCN2CCCCC12)C(F)(F)F. The fourth-order valence-electron chi connectivity index (χ4n) is 3.04. The first kappa shape index (κ1) is 13.6. The van der Waals surface area contributed by atoms with Crippen LogP contribution in [-0.2, 0) is 9.53 Å². The van der Waals surface area contributed by atoms with Crippen molar-refractivity contribution in [2.45, 2.75) is 44.3 Å². The van der Waals surface area contributed by atoms with Gasteiger partial charge < -0.3 is 4.74 Å². The summed E-state index contributed by atoms with van der Waals surface area (Å²) in [6.07, 6.45) is 0.239. The van der Waals surface area contributed by atoms with E-state index in [0.29, 0.717) is 6.04 Å². The lowest BCUT2D eigenvalue weighted by Crippen LogP contribution is -2.49. The summed E-state index contributed by atoms with van der Waals surface area (Å²) in [5, 5.41) is 0. The van der Waals surface area contributed by atoms with Gasteiger partial charge in [-0.3, -0.25) is 4.90 Å². The summed E-state index contributed by atoms with van der Waals surface area (Å²) in [4.78, 5) is 13.0. The van der Waals surface area contributed by atoms with Crippen molar-refractivity contribution < 1.29 is 22.7 Å². The van der Waals surface area contributed by atoms with Crippen LogP contribution in [0.4, 0.5) is 13.2 Å². The number of rotatable bonds is 2. The first-order valence-electron chi connectivity index (χ1n) is 6.46. The monoisotopic (exact) mass is 265 g/mol. The van der Waals surface area contributed by atoms with Gasteiger partial charge in [-0.25, -0.2) is 4.79 Å². The van der Waals surface area contributed by atoms with Gasteiger partial charge in [-0.1, -0.05) is 6.42 Å². The zero-order valence-corrected chi connectivity index (χ0v) is 10.2. The van der Waals surface area contributed by atoms with Crippen molar-refractivity contribution in [1.82, 2.24) is 4.90 Å². The Morgan fingerprint density at radius 2 is 1.89 bits per heavy atom. The summed E-state index contributed by atoms with van der Waals surface area (Å²) in [5.74, 6) is -2.00. The number of carbonyl (C=O) groups excluding carboxylic acids is 1. The Hall–Kier alpha value is -0.780. The average Bonchev–Trinajstić information content (AvgIpc) is 2.34. The van der Waals surface area contributed by atoms with Crippen molar-refractivity contribution in [3.8, 4) is 0 Å². The molecule has 6 heteroatoms. The fourth-order valence-corrected chi connectivity index (χ4v) is 3.04. The van der Waals surface area contributed by atoms with E-state index in [9.17, 15) is 18.0 Å². The molecular weight excluding hydrogens is 247 g/mol. The number of piperidine rings is 2. The van der Waals surface area contributed by atoms with Crippen LogP contribution in [-0.4, -0.2) is 42.8 Å². The van der Waals surface area contributed by atoms with E-state index in [1.165, 1.54) is 0 Å². The first-order chi connectivity index (χ1) is 8.48. The Kier molecular flexibility index (Phi) is 4.14. The summed E-state index contributed by atoms with van der Waals surface area (Å²) < 4.78 is 40.6. The molecule has 0 aromatic heterocycles. The number of ether oxygens (including phenoxy) is 1. The average molecular weight is 265 g/mol. The third-order valence-corrected chi connectivity index (χ3v) is 3.89. The van der Waals surface area contributed by atoms with E-state index in [0.717, 1.165) is 45.2 Å². The van der Waals surface area contributed by atoms with Gasteiger partial charge in [-0.05, 0) is 38.8 Å². The maximum atomic E-state index is 12.1. The minimum absolute atomic E-state index is 0.0605. The number of hydrogen-bond donors (Lipinski definition) is 0. The van der Waals surface area contributed by atoms with Crippen molar-refractivity contribution in [2.75, 3.05) is 19.7 Å². The van der Waals surface area contributed by atoms with E-state index < -0.39 is 12.1 Å². The van der Waals surface area contributed by atoms with Crippen LogP contribution in [0.25, 0.3) is 0 Å². The lowest BCUT2D eigenvalue weighted by Gasteiger charge is -2.44. The predicted octanol–water partition coefficient (Wildman–Crippen LogP) is 2.36. The Morgan fingerprint density at radius 1 is 1.17 bits per heavy atom. The summed E-state index contributed by atoms with van der Waals surface area (Å²) in [5.41, 5.74) is 0. The van der Waals surface area contributed by atoms with Crippen LogP contribution in [0.15, 0.2) is 0 Å². The van der Waals surface area contributed by atoms with E-state index in [2.05, 4.69) is 9.64 Å². The predicted molar refractivity (Wildman–Crippen MR) is 59.0 cm³/mol. The zero-order chi connectivity index (χ0) is 13.2. The zero-order valence-electron chi connectivity index (χ0n) is 10.2. The molecule has 0 bridgehead atoms. The molecule has 0 aromatic carbocycles. The van der Waals surface area contributed by atoms with Crippen molar-refractivity contribution in [3.05, 3.63) is 0 Å². The molecule has 0 saturated carbocycles. The number of carbonyl (C=O) groups is 1. The Morgan fingerprint density at radius 3 is 2.61 bits per heavy atom. The van der Waals surface area contributed by atoms with Crippen molar-refractivity contribution >= 4 is 5.97 Å². The number of hydrogen-bond acceptors (Lipinski definition) is 3. The van der Waals surface area contributed by atoms with Gasteiger partial charge >= 0.3 is 12.1 Å². The second-order valence-corrected chi connectivity index (χ2v) is 5.10. The molecule has 0 radical (unpaired) electrons. The van der Waals surface area contributed by atoms with E-state index in [1.54, 1.807) is 0 Å². The van der Waals surface area contributed by atoms with Gasteiger partial charge in [0.1, 0.15) is 0 Å². The molecule has 0 amide bonds. The van der Waals surface area contributed by atoms with E-state index in [1.807, 2.05) is 0 Å². The maximum absolute atomic E-state index is 12.1. The third-order valence-electron chi connectivity index (χ3n) is 3.89. The minimum Gasteiger partial charge on any atom is -0.459 e. The standard InChI is InChI=1S/C12H18F3NO2/c13-12(14,15)11(17)18-8-9-4-3-7-16-6-2-1-5-10(9)16/h9-10H,1-8H2.